The number of amides is 1. The maximum Gasteiger partial charge on any atom is 0.338 e. The van der Waals surface area contributed by atoms with Crippen molar-refractivity contribution in [2.75, 3.05) is 11.1 Å². The molecule has 0 aromatic heterocycles. The van der Waals surface area contributed by atoms with E-state index in [0.717, 1.165) is 5.56 Å². The summed E-state index contributed by atoms with van der Waals surface area (Å²) in [6, 6.07) is 11.6. The molecular weight excluding hydrogens is 316 g/mol. The van der Waals surface area contributed by atoms with E-state index < -0.39 is 18.0 Å². The summed E-state index contributed by atoms with van der Waals surface area (Å²) in [7, 11) is 0. The molecule has 3 N–H and O–H groups in total. The van der Waals surface area contributed by atoms with Gasteiger partial charge < -0.3 is 15.8 Å². The first-order chi connectivity index (χ1) is 10.9. The average molecular weight is 333 g/mol. The summed E-state index contributed by atoms with van der Waals surface area (Å²) >= 11 is 6.01. The van der Waals surface area contributed by atoms with Crippen LogP contribution in [0.25, 0.3) is 0 Å². The van der Waals surface area contributed by atoms with Gasteiger partial charge in [0.2, 0.25) is 0 Å². The monoisotopic (exact) mass is 332 g/mol. The lowest BCUT2D eigenvalue weighted by atomic mass is 10.2. The van der Waals surface area contributed by atoms with Crippen LogP contribution in [0.15, 0.2) is 42.5 Å². The van der Waals surface area contributed by atoms with Gasteiger partial charge in [0.15, 0.2) is 6.10 Å². The molecule has 1 atom stereocenters. The molecule has 0 saturated carbocycles. The van der Waals surface area contributed by atoms with Crippen LogP contribution in [0.4, 0.5) is 11.4 Å². The first kappa shape index (κ1) is 16.8. The van der Waals surface area contributed by atoms with Crippen molar-refractivity contribution < 1.29 is 14.3 Å². The lowest BCUT2D eigenvalue weighted by Gasteiger charge is -2.15. The van der Waals surface area contributed by atoms with Crippen LogP contribution in [0.3, 0.4) is 0 Å². The fraction of sp³-hybridized carbons (Fsp3) is 0.176. The molecule has 2 rings (SSSR count). The minimum atomic E-state index is -0.956. The van der Waals surface area contributed by atoms with Crippen LogP contribution in [0, 0.1) is 6.92 Å². The van der Waals surface area contributed by atoms with Gasteiger partial charge in [0.1, 0.15) is 0 Å². The molecule has 0 bridgehead atoms. The van der Waals surface area contributed by atoms with Crippen LogP contribution in [0.5, 0.6) is 0 Å². The summed E-state index contributed by atoms with van der Waals surface area (Å²) in [5.41, 5.74) is 7.69. The predicted octanol–water partition coefficient (Wildman–Crippen LogP) is 3.41. The minimum absolute atomic E-state index is 0.295. The Morgan fingerprint density at radius 1 is 1.22 bits per heavy atom. The molecule has 1 unspecified atom stereocenters. The smallest absolute Gasteiger partial charge is 0.338 e. The van der Waals surface area contributed by atoms with Gasteiger partial charge in [-0.25, -0.2) is 4.79 Å². The Balaban J connectivity index is 2.02. The Morgan fingerprint density at radius 2 is 1.91 bits per heavy atom. The van der Waals surface area contributed by atoms with Gasteiger partial charge >= 0.3 is 5.97 Å². The quantitative estimate of drug-likeness (QED) is 0.664. The highest BCUT2D eigenvalue weighted by Crippen LogP contribution is 2.23. The Bertz CT molecular complexity index is 746. The van der Waals surface area contributed by atoms with Crippen LogP contribution in [-0.4, -0.2) is 18.0 Å². The summed E-state index contributed by atoms with van der Waals surface area (Å²) < 4.78 is 5.16. The first-order valence-electron chi connectivity index (χ1n) is 7.01. The second-order valence-electron chi connectivity index (χ2n) is 5.07. The highest BCUT2D eigenvalue weighted by Gasteiger charge is 2.20. The average Bonchev–Trinajstić information content (AvgIpc) is 2.51. The molecule has 0 saturated heterocycles. The van der Waals surface area contributed by atoms with Crippen molar-refractivity contribution in [1.82, 2.24) is 0 Å². The number of hydrogen-bond donors (Lipinski definition) is 2. The number of ether oxygens (including phenoxy) is 1. The van der Waals surface area contributed by atoms with Crippen LogP contribution in [0.1, 0.15) is 22.8 Å². The molecule has 23 heavy (non-hydrogen) atoms. The molecule has 2 aromatic rings. The lowest BCUT2D eigenvalue weighted by molar-refractivity contribution is -0.123. The summed E-state index contributed by atoms with van der Waals surface area (Å²) in [6.07, 6.45) is -0.956. The Morgan fingerprint density at radius 3 is 2.61 bits per heavy atom. The molecule has 120 valence electrons. The summed E-state index contributed by atoms with van der Waals surface area (Å²) in [5, 5.41) is 3.24. The number of carbonyl (C=O) groups excluding carboxylic acids is 2. The van der Waals surface area contributed by atoms with Gasteiger partial charge in [-0.05, 0) is 49.7 Å². The fourth-order valence-corrected chi connectivity index (χ4v) is 2.10. The normalized spacial score (nSPS) is 11.6. The van der Waals surface area contributed by atoms with Crippen molar-refractivity contribution in [3.63, 3.8) is 0 Å². The number of halogens is 1. The zero-order chi connectivity index (χ0) is 17.0. The summed E-state index contributed by atoms with van der Waals surface area (Å²) in [4.78, 5) is 24.2. The third-order valence-electron chi connectivity index (χ3n) is 3.30. The van der Waals surface area contributed by atoms with Crippen molar-refractivity contribution in [2.24, 2.45) is 0 Å². The SMILES string of the molecule is Cc1c(Cl)cccc1NC(=O)C(C)OC(=O)c1cccc(N)c1. The van der Waals surface area contributed by atoms with E-state index in [9.17, 15) is 9.59 Å². The first-order valence-corrected chi connectivity index (χ1v) is 7.39. The standard InChI is InChI=1S/C17H17ClN2O3/c1-10-14(18)7-4-8-15(10)20-16(21)11(2)23-17(22)12-5-3-6-13(19)9-12/h3-9,11H,19H2,1-2H3,(H,20,21). The van der Waals surface area contributed by atoms with E-state index in [1.165, 1.54) is 13.0 Å². The number of nitrogen functional groups attached to an aromatic ring is 1. The molecule has 0 aliphatic rings. The largest absolute Gasteiger partial charge is 0.449 e. The van der Waals surface area contributed by atoms with Crippen LogP contribution < -0.4 is 11.1 Å². The number of hydrogen-bond acceptors (Lipinski definition) is 4. The molecule has 0 aliphatic carbocycles. The minimum Gasteiger partial charge on any atom is -0.449 e. The van der Waals surface area contributed by atoms with Gasteiger partial charge in [-0.2, -0.15) is 0 Å². The van der Waals surface area contributed by atoms with Gasteiger partial charge in [0.25, 0.3) is 5.91 Å². The van der Waals surface area contributed by atoms with E-state index in [4.69, 9.17) is 22.1 Å². The number of rotatable bonds is 4. The number of nitrogens with two attached hydrogens (primary N) is 1. The zero-order valence-electron chi connectivity index (χ0n) is 12.8. The molecule has 0 heterocycles. The zero-order valence-corrected chi connectivity index (χ0v) is 13.6. The molecule has 6 heteroatoms. The molecule has 0 aliphatic heterocycles. The third-order valence-corrected chi connectivity index (χ3v) is 3.71. The topological polar surface area (TPSA) is 81.4 Å². The van der Waals surface area contributed by atoms with Crippen LogP contribution in [-0.2, 0) is 9.53 Å². The number of esters is 1. The van der Waals surface area contributed by atoms with Gasteiger partial charge in [-0.3, -0.25) is 4.79 Å². The van der Waals surface area contributed by atoms with E-state index in [0.29, 0.717) is 22.0 Å². The van der Waals surface area contributed by atoms with Crippen LogP contribution in [0.2, 0.25) is 5.02 Å². The third kappa shape index (κ3) is 4.23. The van der Waals surface area contributed by atoms with E-state index in [-0.39, 0.29) is 0 Å². The van der Waals surface area contributed by atoms with Crippen molar-refractivity contribution in [2.45, 2.75) is 20.0 Å². The molecule has 0 radical (unpaired) electrons. The molecule has 5 nitrogen and oxygen atoms in total. The predicted molar refractivity (Wildman–Crippen MR) is 90.6 cm³/mol. The van der Waals surface area contributed by atoms with Gasteiger partial charge in [-0.15, -0.1) is 0 Å². The van der Waals surface area contributed by atoms with Gasteiger partial charge in [0, 0.05) is 16.4 Å². The molecular formula is C17H17ClN2O3. The molecule has 1 amide bonds. The van der Waals surface area contributed by atoms with Crippen molar-refractivity contribution in [3.05, 3.63) is 58.6 Å². The lowest BCUT2D eigenvalue weighted by Crippen LogP contribution is -2.30. The maximum absolute atomic E-state index is 12.2. The van der Waals surface area contributed by atoms with Gasteiger partial charge in [-0.1, -0.05) is 23.7 Å². The summed E-state index contributed by atoms with van der Waals surface area (Å²) in [6.45, 7) is 3.29. The number of carbonyl (C=O) groups is 2. The molecule has 2 aromatic carbocycles. The highest BCUT2D eigenvalue weighted by molar-refractivity contribution is 6.31. The second-order valence-corrected chi connectivity index (χ2v) is 5.48. The fourth-order valence-electron chi connectivity index (χ4n) is 1.93. The van der Waals surface area contributed by atoms with Crippen molar-refractivity contribution in [3.8, 4) is 0 Å². The molecule has 0 spiro atoms. The Hall–Kier alpha value is -2.53. The van der Waals surface area contributed by atoms with Crippen molar-refractivity contribution in [1.29, 1.82) is 0 Å². The molecule has 0 fully saturated rings. The second kappa shape index (κ2) is 7.15. The highest BCUT2D eigenvalue weighted by atomic mass is 35.5. The number of benzene rings is 2. The van der Waals surface area contributed by atoms with E-state index >= 15 is 0 Å². The van der Waals surface area contributed by atoms with Crippen molar-refractivity contribution >= 4 is 34.9 Å². The van der Waals surface area contributed by atoms with Gasteiger partial charge in [0.05, 0.1) is 5.56 Å². The number of anilines is 2. The van der Waals surface area contributed by atoms with E-state index in [1.54, 1.807) is 43.3 Å². The van der Waals surface area contributed by atoms with E-state index in [2.05, 4.69) is 5.32 Å². The Kier molecular flexibility index (Phi) is 5.24. The Labute approximate surface area is 139 Å². The number of nitrogens with one attached hydrogen (secondary N) is 1. The van der Waals surface area contributed by atoms with Crippen LogP contribution >= 0.6 is 11.6 Å². The van der Waals surface area contributed by atoms with E-state index in [1.807, 2.05) is 0 Å². The maximum atomic E-state index is 12.2. The summed E-state index contributed by atoms with van der Waals surface area (Å²) in [5.74, 6) is -1.05.